The normalized spacial score (nSPS) is 20.5. The van der Waals surface area contributed by atoms with Gasteiger partial charge in [-0.05, 0) is 20.3 Å². The average molecular weight is 355 g/mol. The Kier molecular flexibility index (Phi) is 3.32. The van der Waals surface area contributed by atoms with Crippen LogP contribution in [0.15, 0.2) is 10.7 Å². The zero-order valence-corrected chi connectivity index (χ0v) is 12.3. The van der Waals surface area contributed by atoms with Gasteiger partial charge in [-0.3, -0.25) is 0 Å². The van der Waals surface area contributed by atoms with E-state index in [-0.39, 0.29) is 23.4 Å². The van der Waals surface area contributed by atoms with Crippen molar-refractivity contribution < 1.29 is 36.0 Å². The molecule has 3 heterocycles. The molecule has 0 radical (unpaired) electrons. The fourth-order valence-electron chi connectivity index (χ4n) is 2.77. The van der Waals surface area contributed by atoms with Crippen LogP contribution in [-0.4, -0.2) is 26.0 Å². The van der Waals surface area contributed by atoms with E-state index in [0.29, 0.717) is 6.92 Å². The van der Waals surface area contributed by atoms with Crippen LogP contribution in [0.1, 0.15) is 37.0 Å². The maximum atomic E-state index is 13.1. The Morgan fingerprint density at radius 1 is 1.25 bits per heavy atom. The first-order valence-electron chi connectivity index (χ1n) is 6.78. The third-order valence-electron chi connectivity index (χ3n) is 4.01. The summed E-state index contributed by atoms with van der Waals surface area (Å²) in [6.07, 6.45) is -9.06. The molecule has 2 aromatic rings. The van der Waals surface area contributed by atoms with E-state index in [9.17, 15) is 31.4 Å². The van der Waals surface area contributed by atoms with Gasteiger partial charge in [0.2, 0.25) is 5.60 Å². The molecule has 1 unspecified atom stereocenters. The van der Waals surface area contributed by atoms with Crippen LogP contribution in [-0.2, 0) is 18.2 Å². The number of hydrogen-bond donors (Lipinski definition) is 1. The van der Waals surface area contributed by atoms with Gasteiger partial charge in [0.15, 0.2) is 17.3 Å². The minimum Gasteiger partial charge on any atom is -0.374 e. The van der Waals surface area contributed by atoms with Gasteiger partial charge in [-0.1, -0.05) is 5.16 Å². The van der Waals surface area contributed by atoms with Gasteiger partial charge in [0.05, 0.1) is 6.20 Å². The summed E-state index contributed by atoms with van der Waals surface area (Å²) in [5, 5.41) is 12.8. The van der Waals surface area contributed by atoms with E-state index in [0.717, 1.165) is 10.8 Å². The highest BCUT2D eigenvalue weighted by molar-refractivity contribution is 5.61. The maximum Gasteiger partial charge on any atom is 0.437 e. The monoisotopic (exact) mass is 355 g/mol. The van der Waals surface area contributed by atoms with Gasteiger partial charge in [0, 0.05) is 11.6 Å². The second-order valence-electron chi connectivity index (χ2n) is 5.80. The Labute approximate surface area is 130 Å². The Balaban J connectivity index is 2.19. The SMILES string of the molecule is C[C@H]1Cc2c(C(F)(F)F)noc2-c2cnc(C(C)(O)C(F)(F)F)n21. The summed E-state index contributed by atoms with van der Waals surface area (Å²) in [5.41, 5.74) is -4.79. The standard InChI is InChI=1S/C13H11F6N3O2/c1-5-3-6-8(24-21-9(6)12(14,15)16)7-4-20-10(22(5)7)11(2,23)13(17,18)19/h4-5,23H,3H2,1-2H3/t5-,11?/m0/s1. The molecule has 5 nitrogen and oxygen atoms in total. The largest absolute Gasteiger partial charge is 0.437 e. The molecule has 0 aliphatic carbocycles. The van der Waals surface area contributed by atoms with Gasteiger partial charge < -0.3 is 14.2 Å². The number of rotatable bonds is 1. The number of aromatic nitrogens is 3. The molecule has 24 heavy (non-hydrogen) atoms. The highest BCUT2D eigenvalue weighted by Gasteiger charge is 2.55. The molecular weight excluding hydrogens is 344 g/mol. The minimum atomic E-state index is -5.01. The summed E-state index contributed by atoms with van der Waals surface area (Å²) >= 11 is 0. The third-order valence-corrected chi connectivity index (χ3v) is 4.01. The van der Waals surface area contributed by atoms with Crippen LogP contribution in [0.4, 0.5) is 26.3 Å². The van der Waals surface area contributed by atoms with Crippen molar-refractivity contribution in [3.05, 3.63) is 23.3 Å². The Bertz CT molecular complexity index is 787. The van der Waals surface area contributed by atoms with Gasteiger partial charge in [0.1, 0.15) is 5.69 Å². The van der Waals surface area contributed by atoms with Crippen molar-refractivity contribution in [2.24, 2.45) is 0 Å². The fraction of sp³-hybridized carbons (Fsp3) is 0.538. The quantitative estimate of drug-likeness (QED) is 0.796. The molecule has 1 N–H and O–H groups in total. The molecule has 0 aromatic carbocycles. The molecule has 3 rings (SSSR count). The predicted molar refractivity (Wildman–Crippen MR) is 66.8 cm³/mol. The summed E-state index contributed by atoms with van der Waals surface area (Å²) in [4.78, 5) is 3.58. The lowest BCUT2D eigenvalue weighted by molar-refractivity contribution is -0.262. The molecule has 0 spiro atoms. The molecule has 2 aromatic heterocycles. The Hall–Kier alpha value is -2.04. The molecule has 11 heteroatoms. The van der Waals surface area contributed by atoms with Crippen LogP contribution in [0.5, 0.6) is 0 Å². The number of hydrogen-bond acceptors (Lipinski definition) is 4. The number of halogens is 6. The molecule has 0 saturated carbocycles. The van der Waals surface area contributed by atoms with E-state index < -0.39 is 35.5 Å². The topological polar surface area (TPSA) is 64.1 Å². The lowest BCUT2D eigenvalue weighted by Gasteiger charge is -2.30. The van der Waals surface area contributed by atoms with E-state index in [2.05, 4.69) is 10.1 Å². The van der Waals surface area contributed by atoms with Crippen molar-refractivity contribution in [2.45, 2.75) is 44.3 Å². The second kappa shape index (κ2) is 4.74. The van der Waals surface area contributed by atoms with Crippen molar-refractivity contribution in [3.8, 4) is 11.5 Å². The molecule has 132 valence electrons. The number of imidazole rings is 1. The Morgan fingerprint density at radius 3 is 2.42 bits per heavy atom. The lowest BCUT2D eigenvalue weighted by atomic mass is 9.97. The predicted octanol–water partition coefficient (Wildman–Crippen LogP) is 3.44. The van der Waals surface area contributed by atoms with Gasteiger partial charge >= 0.3 is 12.4 Å². The van der Waals surface area contributed by atoms with Crippen molar-refractivity contribution in [1.82, 2.24) is 14.7 Å². The summed E-state index contributed by atoms with van der Waals surface area (Å²) in [5.74, 6) is -1.01. The van der Waals surface area contributed by atoms with Crippen LogP contribution in [0.3, 0.4) is 0 Å². The summed E-state index contributed by atoms with van der Waals surface area (Å²) in [6.45, 7) is 1.96. The van der Waals surface area contributed by atoms with E-state index in [4.69, 9.17) is 4.52 Å². The third kappa shape index (κ3) is 2.21. The summed E-state index contributed by atoms with van der Waals surface area (Å²) in [6, 6.07) is -0.806. The van der Waals surface area contributed by atoms with E-state index in [1.54, 1.807) is 0 Å². The molecule has 2 atom stereocenters. The van der Waals surface area contributed by atoms with E-state index >= 15 is 0 Å². The van der Waals surface area contributed by atoms with Crippen LogP contribution in [0.25, 0.3) is 11.5 Å². The smallest absolute Gasteiger partial charge is 0.374 e. The van der Waals surface area contributed by atoms with Crippen molar-refractivity contribution in [3.63, 3.8) is 0 Å². The molecule has 1 aliphatic rings. The van der Waals surface area contributed by atoms with Crippen LogP contribution in [0.2, 0.25) is 0 Å². The van der Waals surface area contributed by atoms with Gasteiger partial charge in [-0.25, -0.2) is 4.98 Å². The number of aliphatic hydroxyl groups is 1. The van der Waals surface area contributed by atoms with E-state index in [1.165, 1.54) is 6.92 Å². The highest BCUT2D eigenvalue weighted by Crippen LogP contribution is 2.45. The number of nitrogens with zero attached hydrogens (tertiary/aromatic N) is 3. The lowest BCUT2D eigenvalue weighted by Crippen LogP contribution is -2.42. The van der Waals surface area contributed by atoms with Crippen molar-refractivity contribution >= 4 is 0 Å². The minimum absolute atomic E-state index is 0.0914. The van der Waals surface area contributed by atoms with Gasteiger partial charge in [-0.2, -0.15) is 26.3 Å². The molecule has 0 saturated heterocycles. The molecule has 1 aliphatic heterocycles. The summed E-state index contributed by atoms with van der Waals surface area (Å²) < 4.78 is 83.7. The average Bonchev–Trinajstić information content (AvgIpc) is 2.99. The zero-order chi connectivity index (χ0) is 18.1. The van der Waals surface area contributed by atoms with Crippen LogP contribution >= 0.6 is 0 Å². The van der Waals surface area contributed by atoms with Crippen LogP contribution in [0, 0.1) is 0 Å². The molecule has 0 bridgehead atoms. The van der Waals surface area contributed by atoms with Crippen molar-refractivity contribution in [1.29, 1.82) is 0 Å². The first kappa shape index (κ1) is 16.8. The molecule has 0 fully saturated rings. The zero-order valence-electron chi connectivity index (χ0n) is 12.3. The van der Waals surface area contributed by atoms with Crippen molar-refractivity contribution in [2.75, 3.05) is 0 Å². The maximum absolute atomic E-state index is 13.1. The number of alkyl halides is 6. The summed E-state index contributed by atoms with van der Waals surface area (Å²) in [7, 11) is 0. The Morgan fingerprint density at radius 2 is 1.88 bits per heavy atom. The van der Waals surface area contributed by atoms with Gasteiger partial charge in [0.25, 0.3) is 0 Å². The van der Waals surface area contributed by atoms with E-state index in [1.807, 2.05) is 0 Å². The number of fused-ring (bicyclic) bond motifs is 3. The first-order valence-corrected chi connectivity index (χ1v) is 6.78. The molecule has 0 amide bonds. The second-order valence-corrected chi connectivity index (χ2v) is 5.80. The van der Waals surface area contributed by atoms with Gasteiger partial charge in [-0.15, -0.1) is 0 Å². The van der Waals surface area contributed by atoms with Crippen LogP contribution < -0.4 is 0 Å². The first-order chi connectivity index (χ1) is 10.9. The molecular formula is C13H11F6N3O2. The highest BCUT2D eigenvalue weighted by atomic mass is 19.4. The fourth-order valence-corrected chi connectivity index (χ4v) is 2.77.